The van der Waals surface area contributed by atoms with E-state index < -0.39 is 11.9 Å². The third-order valence-corrected chi connectivity index (χ3v) is 3.23. The lowest BCUT2D eigenvalue weighted by molar-refractivity contribution is -0.145. The number of allylic oxidation sites excluding steroid dienone is 1. The lowest BCUT2D eigenvalue weighted by Gasteiger charge is -2.10. The van der Waals surface area contributed by atoms with E-state index in [1.165, 1.54) is 12.8 Å². The summed E-state index contributed by atoms with van der Waals surface area (Å²) in [6.45, 7) is 5.84. The maximum absolute atomic E-state index is 11.6. The molecule has 0 fully saturated rings. The second kappa shape index (κ2) is 10.7. The van der Waals surface area contributed by atoms with Gasteiger partial charge in [0.25, 0.3) is 0 Å². The van der Waals surface area contributed by atoms with Gasteiger partial charge in [-0.2, -0.15) is 0 Å². The molecule has 0 radical (unpaired) electrons. The minimum atomic E-state index is -1.03. The largest absolute Gasteiger partial charge is 0.481 e. The second-order valence-corrected chi connectivity index (χ2v) is 5.09. The van der Waals surface area contributed by atoms with Gasteiger partial charge in [0.2, 0.25) is 0 Å². The first-order chi connectivity index (χ1) is 9.00. The van der Waals surface area contributed by atoms with Crippen LogP contribution in [0.25, 0.3) is 0 Å². The van der Waals surface area contributed by atoms with Crippen LogP contribution in [0.2, 0.25) is 0 Å². The van der Waals surface area contributed by atoms with Crippen molar-refractivity contribution in [2.75, 3.05) is 6.54 Å². The zero-order chi connectivity index (χ0) is 14.7. The van der Waals surface area contributed by atoms with Gasteiger partial charge in [0.1, 0.15) is 5.92 Å². The molecule has 1 unspecified atom stereocenters. The lowest BCUT2D eigenvalue weighted by atomic mass is 9.93. The van der Waals surface area contributed by atoms with Crippen LogP contribution in [0.15, 0.2) is 12.2 Å². The highest BCUT2D eigenvalue weighted by atomic mass is 16.4. The summed E-state index contributed by atoms with van der Waals surface area (Å²) >= 11 is 0. The van der Waals surface area contributed by atoms with E-state index in [9.17, 15) is 9.59 Å². The molecule has 0 spiro atoms. The van der Waals surface area contributed by atoms with Crippen molar-refractivity contribution in [1.29, 1.82) is 0 Å². The quantitative estimate of drug-likeness (QED) is 0.324. The summed E-state index contributed by atoms with van der Waals surface area (Å²) in [7, 11) is 0. The Balaban J connectivity index is 3.74. The average Bonchev–Trinajstić information content (AvgIpc) is 2.35. The van der Waals surface area contributed by atoms with Crippen LogP contribution in [0.5, 0.6) is 0 Å². The molecule has 0 saturated carbocycles. The van der Waals surface area contributed by atoms with Crippen LogP contribution in [-0.2, 0) is 9.59 Å². The SMILES string of the molecule is C=C(C)C(=O)C(CCCCCCCCCN)C(=O)O. The van der Waals surface area contributed by atoms with E-state index in [4.69, 9.17) is 10.8 Å². The molecule has 0 aromatic rings. The highest BCUT2D eigenvalue weighted by molar-refractivity contribution is 6.07. The summed E-state index contributed by atoms with van der Waals surface area (Å²) in [6.07, 6.45) is 7.87. The Hall–Kier alpha value is -1.16. The molecule has 0 aliphatic carbocycles. The standard InChI is InChI=1S/C15H27NO3/c1-12(2)14(17)13(15(18)19)10-8-6-4-3-5-7-9-11-16/h13H,1,3-11,16H2,2H3,(H,18,19). The number of Topliss-reactive ketones (excluding diaryl/α,β-unsaturated/α-hetero) is 1. The number of ketones is 1. The Morgan fingerprint density at radius 3 is 1.95 bits per heavy atom. The van der Waals surface area contributed by atoms with E-state index in [-0.39, 0.29) is 5.78 Å². The minimum absolute atomic E-state index is 0.328. The summed E-state index contributed by atoms with van der Waals surface area (Å²) in [6, 6.07) is 0. The molecular weight excluding hydrogens is 242 g/mol. The molecule has 3 N–H and O–H groups in total. The number of hydrogen-bond acceptors (Lipinski definition) is 3. The summed E-state index contributed by atoms with van der Waals surface area (Å²) < 4.78 is 0. The Bertz CT molecular complexity index is 300. The summed E-state index contributed by atoms with van der Waals surface area (Å²) in [4.78, 5) is 22.6. The van der Waals surface area contributed by atoms with E-state index in [0.29, 0.717) is 12.0 Å². The molecule has 0 aromatic heterocycles. The van der Waals surface area contributed by atoms with Gasteiger partial charge in [-0.3, -0.25) is 9.59 Å². The van der Waals surface area contributed by atoms with Crippen molar-refractivity contribution < 1.29 is 14.7 Å². The first-order valence-corrected chi connectivity index (χ1v) is 7.13. The molecular formula is C15H27NO3. The molecule has 0 amide bonds. The van der Waals surface area contributed by atoms with Crippen LogP contribution >= 0.6 is 0 Å². The average molecular weight is 269 g/mol. The van der Waals surface area contributed by atoms with E-state index in [0.717, 1.165) is 38.6 Å². The van der Waals surface area contributed by atoms with Crippen LogP contribution in [0.4, 0.5) is 0 Å². The smallest absolute Gasteiger partial charge is 0.314 e. The monoisotopic (exact) mass is 269 g/mol. The van der Waals surface area contributed by atoms with Gasteiger partial charge in [0.05, 0.1) is 0 Å². The van der Waals surface area contributed by atoms with Crippen LogP contribution in [-0.4, -0.2) is 23.4 Å². The van der Waals surface area contributed by atoms with Crippen molar-refractivity contribution in [2.45, 2.75) is 58.3 Å². The normalized spacial score (nSPS) is 12.1. The van der Waals surface area contributed by atoms with Gasteiger partial charge >= 0.3 is 5.97 Å². The second-order valence-electron chi connectivity index (χ2n) is 5.09. The summed E-state index contributed by atoms with van der Waals surface area (Å²) in [5, 5.41) is 9.02. The number of nitrogens with two attached hydrogens (primary N) is 1. The van der Waals surface area contributed by atoms with Crippen molar-refractivity contribution in [2.24, 2.45) is 11.7 Å². The van der Waals surface area contributed by atoms with Crippen molar-refractivity contribution in [3.63, 3.8) is 0 Å². The molecule has 0 bridgehead atoms. The number of aliphatic carboxylic acids is 1. The fourth-order valence-electron chi connectivity index (χ4n) is 2.04. The zero-order valence-electron chi connectivity index (χ0n) is 12.0. The fraction of sp³-hybridized carbons (Fsp3) is 0.733. The Kier molecular flexibility index (Phi) is 10.1. The van der Waals surface area contributed by atoms with E-state index in [1.807, 2.05) is 0 Å². The fourth-order valence-corrected chi connectivity index (χ4v) is 2.04. The number of carbonyl (C=O) groups excluding carboxylic acids is 1. The molecule has 4 heteroatoms. The molecule has 0 saturated heterocycles. The predicted octanol–water partition coefficient (Wildman–Crippen LogP) is 2.91. The van der Waals surface area contributed by atoms with E-state index in [2.05, 4.69) is 6.58 Å². The Morgan fingerprint density at radius 1 is 1.05 bits per heavy atom. The number of carboxylic acids is 1. The molecule has 0 rings (SSSR count). The van der Waals surface area contributed by atoms with Gasteiger partial charge in [0, 0.05) is 0 Å². The van der Waals surface area contributed by atoms with Crippen LogP contribution < -0.4 is 5.73 Å². The first-order valence-electron chi connectivity index (χ1n) is 7.13. The maximum atomic E-state index is 11.6. The molecule has 1 atom stereocenters. The molecule has 110 valence electrons. The molecule has 0 aliphatic rings. The highest BCUT2D eigenvalue weighted by Crippen LogP contribution is 2.16. The predicted molar refractivity (Wildman–Crippen MR) is 76.9 cm³/mol. The zero-order valence-corrected chi connectivity index (χ0v) is 12.0. The van der Waals surface area contributed by atoms with Crippen LogP contribution in [0.3, 0.4) is 0 Å². The Morgan fingerprint density at radius 2 is 1.53 bits per heavy atom. The number of carbonyl (C=O) groups is 2. The molecule has 0 heterocycles. The molecule has 0 aromatic carbocycles. The van der Waals surface area contributed by atoms with Crippen molar-refractivity contribution in [1.82, 2.24) is 0 Å². The van der Waals surface area contributed by atoms with Gasteiger partial charge in [-0.05, 0) is 31.9 Å². The number of unbranched alkanes of at least 4 members (excludes halogenated alkanes) is 6. The van der Waals surface area contributed by atoms with E-state index in [1.54, 1.807) is 6.92 Å². The minimum Gasteiger partial charge on any atom is -0.481 e. The summed E-state index contributed by atoms with van der Waals surface area (Å²) in [5.74, 6) is -2.28. The van der Waals surface area contributed by atoms with Gasteiger partial charge in [-0.15, -0.1) is 0 Å². The van der Waals surface area contributed by atoms with Crippen molar-refractivity contribution >= 4 is 11.8 Å². The lowest BCUT2D eigenvalue weighted by Crippen LogP contribution is -2.24. The topological polar surface area (TPSA) is 80.4 Å². The molecule has 19 heavy (non-hydrogen) atoms. The van der Waals surface area contributed by atoms with Gasteiger partial charge in [-0.25, -0.2) is 0 Å². The summed E-state index contributed by atoms with van der Waals surface area (Å²) in [5.41, 5.74) is 5.74. The van der Waals surface area contributed by atoms with Gasteiger partial charge < -0.3 is 10.8 Å². The highest BCUT2D eigenvalue weighted by Gasteiger charge is 2.25. The number of carboxylic acid groups (broad SMARTS) is 1. The maximum Gasteiger partial charge on any atom is 0.314 e. The third-order valence-electron chi connectivity index (χ3n) is 3.23. The molecule has 0 aliphatic heterocycles. The van der Waals surface area contributed by atoms with Crippen molar-refractivity contribution in [3.8, 4) is 0 Å². The van der Waals surface area contributed by atoms with Crippen LogP contribution in [0.1, 0.15) is 58.3 Å². The molecule has 4 nitrogen and oxygen atoms in total. The Labute approximate surface area is 116 Å². The van der Waals surface area contributed by atoms with E-state index >= 15 is 0 Å². The first kappa shape index (κ1) is 17.8. The van der Waals surface area contributed by atoms with Gasteiger partial charge in [0.15, 0.2) is 5.78 Å². The number of rotatable bonds is 12. The van der Waals surface area contributed by atoms with Crippen molar-refractivity contribution in [3.05, 3.63) is 12.2 Å². The third kappa shape index (κ3) is 8.54. The van der Waals surface area contributed by atoms with Crippen LogP contribution in [0, 0.1) is 5.92 Å². The number of hydrogen-bond donors (Lipinski definition) is 2. The van der Waals surface area contributed by atoms with Gasteiger partial charge in [-0.1, -0.05) is 45.1 Å².